The minimum Gasteiger partial charge on any atom is -0.507 e. The third-order valence-electron chi connectivity index (χ3n) is 6.01. The molecule has 8 nitrogen and oxygen atoms in total. The second-order valence-corrected chi connectivity index (χ2v) is 10.9. The van der Waals surface area contributed by atoms with Gasteiger partial charge in [0.05, 0.1) is 11.8 Å². The zero-order valence-electron chi connectivity index (χ0n) is 25.5. The van der Waals surface area contributed by atoms with Gasteiger partial charge in [0.15, 0.2) is 0 Å². The molecule has 9 heteroatoms. The van der Waals surface area contributed by atoms with E-state index in [0.717, 1.165) is 63.2 Å². The second-order valence-electron chi connectivity index (χ2n) is 9.56. The molecule has 4 N–H and O–H groups in total. The number of phenols is 1. The number of carboxylic acid groups (broad SMARTS) is 1. The fraction of sp³-hybridized carbons (Fsp3) is 0.441. The number of benzene rings is 1. The van der Waals surface area contributed by atoms with Crippen molar-refractivity contribution in [3.63, 3.8) is 0 Å². The summed E-state index contributed by atoms with van der Waals surface area (Å²) in [7, 11) is 0. The molecule has 0 fully saturated rings. The Labute approximate surface area is 261 Å². The molecule has 0 saturated heterocycles. The summed E-state index contributed by atoms with van der Waals surface area (Å²) in [4.78, 5) is 35.5. The van der Waals surface area contributed by atoms with Gasteiger partial charge in [-0.05, 0) is 81.7 Å². The van der Waals surface area contributed by atoms with E-state index in [9.17, 15) is 19.5 Å². The van der Waals surface area contributed by atoms with Crippen molar-refractivity contribution in [2.24, 2.45) is 0 Å². The largest absolute Gasteiger partial charge is 0.507 e. The van der Waals surface area contributed by atoms with E-state index in [0.29, 0.717) is 6.42 Å². The van der Waals surface area contributed by atoms with Crippen LogP contribution in [0.1, 0.15) is 82.0 Å². The fourth-order valence-electron chi connectivity index (χ4n) is 3.71. The summed E-state index contributed by atoms with van der Waals surface area (Å²) < 4.78 is 5.04. The molecule has 236 valence electrons. The minimum atomic E-state index is -1.31. The van der Waals surface area contributed by atoms with Crippen LogP contribution in [0.5, 0.6) is 5.75 Å². The first-order valence-corrected chi connectivity index (χ1v) is 16.1. The number of aromatic hydroxyl groups is 1. The molecule has 0 radical (unpaired) electrons. The van der Waals surface area contributed by atoms with Gasteiger partial charge >= 0.3 is 12.1 Å². The van der Waals surface area contributed by atoms with Crippen molar-refractivity contribution in [1.29, 1.82) is 0 Å². The first kappa shape index (κ1) is 37.3. The fourth-order valence-corrected chi connectivity index (χ4v) is 4.83. The minimum absolute atomic E-state index is 0.0320. The van der Waals surface area contributed by atoms with Gasteiger partial charge in [0.25, 0.3) is 0 Å². The monoisotopic (exact) mass is 612 g/mol. The van der Waals surface area contributed by atoms with E-state index >= 15 is 0 Å². The molecule has 1 rings (SSSR count). The summed E-state index contributed by atoms with van der Waals surface area (Å²) in [6.45, 7) is 4.25. The lowest BCUT2D eigenvalue weighted by atomic mass is 10.2. The Morgan fingerprint density at radius 1 is 0.884 bits per heavy atom. The number of rotatable bonds is 22. The lowest BCUT2D eigenvalue weighted by molar-refractivity contribution is -0.120. The molecule has 0 aliphatic rings. The quantitative estimate of drug-likeness (QED) is 0.0591. The number of nitrogens with one attached hydrogen (secondary N) is 2. The number of anilines is 1. The average Bonchev–Trinajstić information content (AvgIpc) is 2.99. The van der Waals surface area contributed by atoms with Crippen LogP contribution >= 0.6 is 11.8 Å². The van der Waals surface area contributed by atoms with E-state index < -0.39 is 17.8 Å². The SMILES string of the molecule is CC/C=C\C/C=C\C/C=C\C/C=C\C/C=C\CCCCSC(CC)C(=O)NCCOC(=O)Nc1ccc(O)c(C(=O)O)c1. The van der Waals surface area contributed by atoms with E-state index in [2.05, 4.69) is 78.3 Å². The van der Waals surface area contributed by atoms with E-state index in [1.807, 2.05) is 6.92 Å². The Morgan fingerprint density at radius 2 is 1.49 bits per heavy atom. The van der Waals surface area contributed by atoms with Crippen LogP contribution in [0, 0.1) is 0 Å². The molecule has 0 bridgehead atoms. The van der Waals surface area contributed by atoms with Gasteiger partial charge < -0.3 is 20.3 Å². The molecular weight excluding hydrogens is 564 g/mol. The highest BCUT2D eigenvalue weighted by Crippen LogP contribution is 2.21. The van der Waals surface area contributed by atoms with Gasteiger partial charge in [-0.3, -0.25) is 10.1 Å². The van der Waals surface area contributed by atoms with Crippen molar-refractivity contribution in [2.45, 2.75) is 76.9 Å². The number of unbranched alkanes of at least 4 members (excludes halogenated alkanes) is 2. The molecule has 1 aromatic carbocycles. The zero-order valence-corrected chi connectivity index (χ0v) is 26.3. The van der Waals surface area contributed by atoms with Gasteiger partial charge in [0.1, 0.15) is 17.9 Å². The highest BCUT2D eigenvalue weighted by molar-refractivity contribution is 8.00. The number of ether oxygens (including phenoxy) is 1. The average molecular weight is 613 g/mol. The number of thioether (sulfide) groups is 1. The van der Waals surface area contributed by atoms with Crippen LogP contribution in [0.15, 0.2) is 79.0 Å². The highest BCUT2D eigenvalue weighted by Gasteiger charge is 2.16. The maximum atomic E-state index is 12.5. The summed E-state index contributed by atoms with van der Waals surface area (Å²) in [5.41, 5.74) is -0.157. The van der Waals surface area contributed by atoms with Crippen LogP contribution in [0.4, 0.5) is 10.5 Å². The van der Waals surface area contributed by atoms with Crippen LogP contribution in [-0.2, 0) is 9.53 Å². The molecule has 0 aliphatic heterocycles. The maximum absolute atomic E-state index is 12.5. The molecule has 2 amide bonds. The molecule has 0 spiro atoms. The first-order chi connectivity index (χ1) is 20.9. The number of hydrogen-bond acceptors (Lipinski definition) is 6. The number of carboxylic acids is 1. The summed E-state index contributed by atoms with van der Waals surface area (Å²) >= 11 is 1.64. The van der Waals surface area contributed by atoms with Gasteiger partial charge in [-0.1, -0.05) is 74.6 Å². The van der Waals surface area contributed by atoms with Crippen molar-refractivity contribution in [3.05, 3.63) is 84.5 Å². The number of allylic oxidation sites excluding steroid dienone is 10. The molecular formula is C34H48N2O6S. The number of carbonyl (C=O) groups excluding carboxylic acids is 2. The summed E-state index contributed by atoms with van der Waals surface area (Å²) in [5.74, 6) is -0.895. The first-order valence-electron chi connectivity index (χ1n) is 15.0. The number of aromatic carboxylic acids is 1. The third-order valence-corrected chi connectivity index (χ3v) is 7.49. The highest BCUT2D eigenvalue weighted by atomic mass is 32.2. The van der Waals surface area contributed by atoms with Gasteiger partial charge in [-0.15, -0.1) is 11.8 Å². The number of carbonyl (C=O) groups is 3. The number of amides is 2. The Kier molecular flexibility index (Phi) is 21.5. The molecule has 1 aromatic rings. The smallest absolute Gasteiger partial charge is 0.411 e. The summed E-state index contributed by atoms with van der Waals surface area (Å²) in [6.07, 6.45) is 30.0. The Morgan fingerprint density at radius 3 is 2.07 bits per heavy atom. The Hall–Kier alpha value is -3.72. The van der Waals surface area contributed by atoms with E-state index in [4.69, 9.17) is 9.84 Å². The summed E-state index contributed by atoms with van der Waals surface area (Å²) in [5, 5.41) is 23.6. The van der Waals surface area contributed by atoms with Crippen LogP contribution in [0.25, 0.3) is 0 Å². The molecule has 0 heterocycles. The maximum Gasteiger partial charge on any atom is 0.411 e. The molecule has 0 aliphatic carbocycles. The van der Waals surface area contributed by atoms with E-state index in [1.165, 1.54) is 12.1 Å². The predicted molar refractivity (Wildman–Crippen MR) is 178 cm³/mol. The third kappa shape index (κ3) is 19.2. The van der Waals surface area contributed by atoms with Crippen LogP contribution in [0.3, 0.4) is 0 Å². The topological polar surface area (TPSA) is 125 Å². The molecule has 43 heavy (non-hydrogen) atoms. The van der Waals surface area contributed by atoms with E-state index in [-0.39, 0.29) is 35.6 Å². The normalized spacial score (nSPS) is 12.6. The van der Waals surface area contributed by atoms with Crippen LogP contribution in [0.2, 0.25) is 0 Å². The lowest BCUT2D eigenvalue weighted by Gasteiger charge is -2.15. The predicted octanol–water partition coefficient (Wildman–Crippen LogP) is 8.19. The van der Waals surface area contributed by atoms with Gasteiger partial charge in [-0.2, -0.15) is 0 Å². The molecule has 0 saturated carbocycles. The van der Waals surface area contributed by atoms with Crippen molar-refractivity contribution < 1.29 is 29.3 Å². The zero-order chi connectivity index (χ0) is 31.5. The molecule has 1 unspecified atom stereocenters. The molecule has 1 atom stereocenters. The van der Waals surface area contributed by atoms with Gasteiger partial charge in [-0.25, -0.2) is 9.59 Å². The van der Waals surface area contributed by atoms with Crippen molar-refractivity contribution in [1.82, 2.24) is 5.32 Å². The van der Waals surface area contributed by atoms with Crippen molar-refractivity contribution in [2.75, 3.05) is 24.2 Å². The van der Waals surface area contributed by atoms with Gasteiger partial charge in [0, 0.05) is 5.69 Å². The van der Waals surface area contributed by atoms with Crippen LogP contribution < -0.4 is 10.6 Å². The van der Waals surface area contributed by atoms with E-state index in [1.54, 1.807) is 11.8 Å². The lowest BCUT2D eigenvalue weighted by Crippen LogP contribution is -2.35. The Bertz CT molecular complexity index is 1110. The van der Waals surface area contributed by atoms with Crippen molar-refractivity contribution in [3.8, 4) is 5.75 Å². The number of hydrogen-bond donors (Lipinski definition) is 4. The van der Waals surface area contributed by atoms with Crippen LogP contribution in [-0.4, -0.2) is 52.3 Å². The van der Waals surface area contributed by atoms with Gasteiger partial charge in [0.2, 0.25) is 5.91 Å². The molecule has 0 aromatic heterocycles. The summed E-state index contributed by atoms with van der Waals surface area (Å²) in [6, 6.07) is 3.66. The van der Waals surface area contributed by atoms with Crippen molar-refractivity contribution >= 4 is 35.4 Å². The standard InChI is InChI=1S/C34H48N2O6S/c1-3-5-6-7-8-9-10-11-12-13-14-15-16-17-18-19-20-21-26-43-31(4-2)32(38)35-24-25-42-34(41)36-28-22-23-30(37)29(27-28)33(39)40/h5-6,8-9,11-12,14-15,17-18,22-23,27,31,37H,3-4,7,10,13,16,19-21,24-26H2,1-2H3,(H,35,38)(H,36,41)(H,39,40)/b6-5-,9-8-,12-11-,15-14-,18-17-. The second kappa shape index (κ2) is 24.8. The Balaban J connectivity index is 2.10.